The van der Waals surface area contributed by atoms with E-state index in [1.807, 2.05) is 0 Å². The molecule has 12 heteroatoms. The maximum atomic E-state index is 8.88. The van der Waals surface area contributed by atoms with Gasteiger partial charge in [-0.15, -0.1) is 0 Å². The molecule has 0 fully saturated rings. The van der Waals surface area contributed by atoms with Crippen LogP contribution in [0.15, 0.2) is 0 Å². The minimum Gasteiger partial charge on any atom is -1.00 e. The third kappa shape index (κ3) is 136. The summed E-state index contributed by atoms with van der Waals surface area (Å²) in [6.07, 6.45) is 0. The molecule has 0 aromatic heterocycles. The molecule has 0 spiro atoms. The zero-order valence-corrected chi connectivity index (χ0v) is 16.3. The number of hydrogen-bond donors (Lipinski definition) is 6. The third-order valence-electron chi connectivity index (χ3n) is 0. The molecule has 0 aromatic rings. The van der Waals surface area contributed by atoms with E-state index in [0.717, 1.165) is 0 Å². The van der Waals surface area contributed by atoms with Gasteiger partial charge in [-0.1, -0.05) is 0 Å². The molecular weight excluding hydrogens is 255 g/mol. The van der Waals surface area contributed by atoms with Gasteiger partial charge in [-0.05, 0) is 0 Å². The van der Waals surface area contributed by atoms with Gasteiger partial charge in [0, 0.05) is 0 Å². The van der Waals surface area contributed by atoms with Gasteiger partial charge in [0.25, 0.3) is 0 Å². The van der Waals surface area contributed by atoms with E-state index in [4.69, 9.17) is 34.3 Å². The van der Waals surface area contributed by atoms with Gasteiger partial charge < -0.3 is 34.0 Å². The second-order valence-corrected chi connectivity index (χ2v) is 1.89. The molecule has 0 atom stereocenters. The summed E-state index contributed by atoms with van der Waals surface area (Å²) in [4.78, 5) is 21.6. The molecule has 0 aromatic carbocycles. The van der Waals surface area contributed by atoms with Crippen LogP contribution in [0.3, 0.4) is 0 Å². The molecule has 0 heterocycles. The molecule has 0 aliphatic heterocycles. The second-order valence-electron chi connectivity index (χ2n) is 0.860. The normalized spacial score (nSPS) is 7.17. The quantitative estimate of drug-likeness (QED) is 0.189. The van der Waals surface area contributed by atoms with Crippen molar-refractivity contribution in [2.24, 2.45) is 0 Å². The summed E-state index contributed by atoms with van der Waals surface area (Å²) >= 11 is 0. The fraction of sp³-hybridized carbons (Fsp3) is 0. The van der Waals surface area contributed by atoms with E-state index >= 15 is 0 Å². The Bertz CT molecular complexity index is 103. The van der Waals surface area contributed by atoms with E-state index in [0.29, 0.717) is 0 Å². The van der Waals surface area contributed by atoms with E-state index in [1.54, 1.807) is 0 Å². The van der Waals surface area contributed by atoms with E-state index in [2.05, 4.69) is 0 Å². The van der Waals surface area contributed by atoms with Crippen molar-refractivity contribution in [3.8, 4) is 0 Å². The first-order valence-electron chi connectivity index (χ1n) is 1.56. The predicted molar refractivity (Wildman–Crippen MR) is 30.0 cm³/mol. The molecule has 0 unspecified atom stereocenters. The molecular formula is H9BK2NaO7P. The van der Waals surface area contributed by atoms with Gasteiger partial charge in [-0.2, -0.15) is 0 Å². The number of hydrogen-bond acceptors (Lipinski definition) is 4. The average Bonchev–Trinajstić information content (AvgIpc) is 1.19. The number of rotatable bonds is 0. The van der Waals surface area contributed by atoms with E-state index in [1.165, 1.54) is 0 Å². The van der Waals surface area contributed by atoms with Crippen LogP contribution in [-0.4, -0.2) is 37.1 Å². The summed E-state index contributed by atoms with van der Waals surface area (Å²) < 4.78 is 8.88. The van der Waals surface area contributed by atoms with Crippen LogP contribution in [0.5, 0.6) is 0 Å². The van der Waals surface area contributed by atoms with Crippen LogP contribution in [0, 0.1) is 0 Å². The van der Waals surface area contributed by atoms with Crippen LogP contribution in [-0.2, 0) is 4.57 Å². The van der Waals surface area contributed by atoms with Crippen LogP contribution < -0.4 is 132 Å². The molecule has 0 radical (unpaired) electrons. The van der Waals surface area contributed by atoms with Crippen molar-refractivity contribution >= 4 is 15.1 Å². The molecule has 6 N–H and O–H groups in total. The van der Waals surface area contributed by atoms with Crippen molar-refractivity contribution in [2.75, 3.05) is 0 Å². The van der Waals surface area contributed by atoms with E-state index in [9.17, 15) is 0 Å². The summed E-state index contributed by atoms with van der Waals surface area (Å²) in [5.41, 5.74) is 0. The van der Waals surface area contributed by atoms with Gasteiger partial charge in [0.15, 0.2) is 0 Å². The van der Waals surface area contributed by atoms with Crippen LogP contribution in [0.1, 0.15) is 4.28 Å². The zero-order chi connectivity index (χ0) is 8.08. The average molecular weight is 264 g/mol. The first-order chi connectivity index (χ1) is 3.73. The molecule has 0 amide bonds. The fourth-order valence-electron chi connectivity index (χ4n) is 0. The summed E-state index contributed by atoms with van der Waals surface area (Å²) in [7, 11) is -6.81. The SMILES string of the molecule is O=P(O)(O)O.OB(O)O.[H-].[H-].[H-].[K+].[K+].[Na+]. The third-order valence-corrected chi connectivity index (χ3v) is 0. The first kappa shape index (κ1) is 29.9. The van der Waals surface area contributed by atoms with E-state index < -0.39 is 15.1 Å². The van der Waals surface area contributed by atoms with Crippen molar-refractivity contribution in [2.45, 2.75) is 0 Å². The molecule has 0 aliphatic carbocycles. The topological polar surface area (TPSA) is 138 Å². The van der Waals surface area contributed by atoms with Gasteiger partial charge >= 0.3 is 147 Å². The zero-order valence-electron chi connectivity index (χ0n) is 10.1. The van der Waals surface area contributed by atoms with Gasteiger partial charge in [-0.25, -0.2) is 4.57 Å². The molecule has 7 nitrogen and oxygen atoms in total. The Hall–Kier alpha value is 4.33. The number of phosphoric acid groups is 1. The minimum atomic E-state index is -4.64. The monoisotopic (exact) mass is 264 g/mol. The summed E-state index contributed by atoms with van der Waals surface area (Å²) in [6.45, 7) is 0. The Morgan fingerprint density at radius 1 is 1.00 bits per heavy atom. The Kier molecular flexibility index (Phi) is 44.1. The van der Waals surface area contributed by atoms with Crippen molar-refractivity contribution < 1.29 is 171 Å². The van der Waals surface area contributed by atoms with Crippen molar-refractivity contribution in [3.05, 3.63) is 0 Å². The van der Waals surface area contributed by atoms with Gasteiger partial charge in [0.1, 0.15) is 0 Å². The summed E-state index contributed by atoms with van der Waals surface area (Å²) in [5.74, 6) is 0. The van der Waals surface area contributed by atoms with E-state index in [-0.39, 0.29) is 137 Å². The molecule has 0 aliphatic rings. The minimum absolute atomic E-state index is 0. The standard InChI is InChI=1S/BH3O3.2K.Na.H3O4P.3H/c2-1(3)4;;;;1-5(2,3)4;;;/h2-4H;;;;(H3,1,2,3,4);;;/q;3*+1;;3*-1. The molecule has 0 saturated carbocycles. The van der Waals surface area contributed by atoms with Crippen LogP contribution in [0.4, 0.5) is 0 Å². The first-order valence-corrected chi connectivity index (χ1v) is 3.12. The maximum absolute atomic E-state index is 8.88. The van der Waals surface area contributed by atoms with Gasteiger partial charge in [0.05, 0.1) is 0 Å². The predicted octanol–water partition coefficient (Wildman–Crippen LogP) is -11.6. The Morgan fingerprint density at radius 3 is 1.00 bits per heavy atom. The fourth-order valence-corrected chi connectivity index (χ4v) is 0. The van der Waals surface area contributed by atoms with Crippen LogP contribution >= 0.6 is 7.82 Å². The largest absolute Gasteiger partial charge is 1.00 e. The molecule has 0 rings (SSSR count). The second kappa shape index (κ2) is 17.7. The molecule has 0 saturated heterocycles. The summed E-state index contributed by atoms with van der Waals surface area (Å²) in [6, 6.07) is 0. The molecule has 0 bridgehead atoms. The smallest absolute Gasteiger partial charge is 1.00 e. The maximum Gasteiger partial charge on any atom is 1.00 e. The molecule has 62 valence electrons. The van der Waals surface area contributed by atoms with Gasteiger partial charge in [0.2, 0.25) is 0 Å². The van der Waals surface area contributed by atoms with Crippen LogP contribution in [0.2, 0.25) is 0 Å². The van der Waals surface area contributed by atoms with Crippen LogP contribution in [0.25, 0.3) is 0 Å². The van der Waals surface area contributed by atoms with Crippen molar-refractivity contribution in [1.29, 1.82) is 0 Å². The Labute approximate surface area is 181 Å². The summed E-state index contributed by atoms with van der Waals surface area (Å²) in [5, 5.41) is 21.5. The van der Waals surface area contributed by atoms with Crippen molar-refractivity contribution in [3.63, 3.8) is 0 Å². The molecule has 12 heavy (non-hydrogen) atoms. The van der Waals surface area contributed by atoms with Gasteiger partial charge in [-0.3, -0.25) is 0 Å². The van der Waals surface area contributed by atoms with Crippen molar-refractivity contribution in [1.82, 2.24) is 0 Å². The Morgan fingerprint density at radius 2 is 1.00 bits per heavy atom. The Balaban J connectivity index is -0.00000000785.